The van der Waals surface area contributed by atoms with Crippen molar-refractivity contribution >= 4 is 45.3 Å². The van der Waals surface area contributed by atoms with Crippen LogP contribution in [0.1, 0.15) is 56.3 Å². The number of Topliss-reactive ketones (excluding diaryl/α,β-unsaturated/α-hetero) is 2. The number of hydrogen-bond acceptors (Lipinski definition) is 5. The summed E-state index contributed by atoms with van der Waals surface area (Å²) in [7, 11) is 0. The normalized spacial score (nSPS) is 16.8. The second kappa shape index (κ2) is 14.2. The smallest absolute Gasteiger partial charge is 0.254 e. The zero-order valence-corrected chi connectivity index (χ0v) is 22.6. The van der Waals surface area contributed by atoms with Gasteiger partial charge in [-0.05, 0) is 49.8 Å². The number of hydrogen-bond donors (Lipinski definition) is 3. The third-order valence-corrected chi connectivity index (χ3v) is 6.84. The quantitative estimate of drug-likeness (QED) is 0.184. The Kier molecular flexibility index (Phi) is 11.6. The topological polar surface area (TPSA) is 148 Å². The fourth-order valence-corrected chi connectivity index (χ4v) is 4.69. The van der Waals surface area contributed by atoms with Gasteiger partial charge >= 0.3 is 0 Å². The summed E-state index contributed by atoms with van der Waals surface area (Å²) in [5, 5.41) is 2.61. The van der Waals surface area contributed by atoms with E-state index in [9.17, 15) is 28.0 Å². The maximum absolute atomic E-state index is 14.3. The molecule has 0 aromatic heterocycles. The lowest BCUT2D eigenvalue weighted by atomic mass is 9.90. The van der Waals surface area contributed by atoms with E-state index in [1.807, 2.05) is 0 Å². The number of carbonyl (C=O) groups is 4. The number of rotatable bonds is 13. The van der Waals surface area contributed by atoms with Crippen LogP contribution in [0.5, 0.6) is 0 Å². The number of likely N-dealkylation sites (tertiary alicyclic amines) is 1. The van der Waals surface area contributed by atoms with Gasteiger partial charge in [-0.1, -0.05) is 29.8 Å². The molecule has 12 heteroatoms. The van der Waals surface area contributed by atoms with Crippen molar-refractivity contribution in [2.75, 3.05) is 19.8 Å². The molecule has 204 valence electrons. The Morgan fingerprint density at radius 1 is 1.24 bits per heavy atom. The van der Waals surface area contributed by atoms with Gasteiger partial charge in [0.15, 0.2) is 17.5 Å². The van der Waals surface area contributed by atoms with Crippen molar-refractivity contribution in [1.29, 1.82) is 0 Å². The molecule has 5 N–H and O–H groups in total. The number of amides is 2. The molecule has 1 saturated heterocycles. The van der Waals surface area contributed by atoms with Crippen molar-refractivity contribution in [3.8, 4) is 0 Å². The van der Waals surface area contributed by atoms with E-state index in [0.717, 1.165) is 6.07 Å². The zero-order valence-electron chi connectivity index (χ0n) is 21.0. The molecule has 0 unspecified atom stereocenters. The van der Waals surface area contributed by atoms with Gasteiger partial charge in [0.1, 0.15) is 18.5 Å². The summed E-state index contributed by atoms with van der Waals surface area (Å²) in [6.45, 7) is 2.82. The second-order valence-corrected chi connectivity index (χ2v) is 10.3. The van der Waals surface area contributed by atoms with Crippen molar-refractivity contribution in [3.63, 3.8) is 0 Å². The number of benzene rings is 1. The van der Waals surface area contributed by atoms with Crippen molar-refractivity contribution in [2.45, 2.75) is 58.0 Å². The predicted molar refractivity (Wildman–Crippen MR) is 139 cm³/mol. The molecule has 1 aliphatic rings. The average molecular weight is 586 g/mol. The van der Waals surface area contributed by atoms with Gasteiger partial charge in [0.25, 0.3) is 5.91 Å². The number of ketones is 2. The van der Waals surface area contributed by atoms with Crippen molar-refractivity contribution < 1.29 is 28.0 Å². The average Bonchev–Trinajstić information content (AvgIpc) is 3.33. The molecule has 2 rings (SSSR count). The number of alkyl halides is 1. The van der Waals surface area contributed by atoms with Gasteiger partial charge in [-0.25, -0.2) is 8.78 Å². The maximum Gasteiger partial charge on any atom is 0.254 e. The molecule has 37 heavy (non-hydrogen) atoms. The van der Waals surface area contributed by atoms with E-state index < -0.39 is 48.1 Å². The molecule has 1 aromatic carbocycles. The molecular formula is C25H34BrF2N5O4. The summed E-state index contributed by atoms with van der Waals surface area (Å²) < 4.78 is 27.9. The van der Waals surface area contributed by atoms with Gasteiger partial charge in [0, 0.05) is 29.9 Å². The lowest BCUT2D eigenvalue weighted by molar-refractivity contribution is -0.140. The van der Waals surface area contributed by atoms with Crippen molar-refractivity contribution in [3.05, 3.63) is 34.1 Å². The van der Waals surface area contributed by atoms with Gasteiger partial charge < -0.3 is 21.7 Å². The summed E-state index contributed by atoms with van der Waals surface area (Å²) in [6.07, 6.45) is 1.38. The van der Waals surface area contributed by atoms with Crippen LogP contribution in [0.25, 0.3) is 0 Å². The first-order valence-electron chi connectivity index (χ1n) is 12.2. The molecule has 0 saturated carbocycles. The van der Waals surface area contributed by atoms with Gasteiger partial charge in [-0.15, -0.1) is 0 Å². The van der Waals surface area contributed by atoms with E-state index in [4.69, 9.17) is 11.5 Å². The van der Waals surface area contributed by atoms with Gasteiger partial charge in [0.2, 0.25) is 5.91 Å². The molecule has 0 bridgehead atoms. The molecule has 1 fully saturated rings. The lowest BCUT2D eigenvalue weighted by Gasteiger charge is -2.31. The van der Waals surface area contributed by atoms with Crippen LogP contribution in [0.15, 0.2) is 27.7 Å². The first-order chi connectivity index (χ1) is 17.5. The summed E-state index contributed by atoms with van der Waals surface area (Å²) >= 11 is 3.14. The van der Waals surface area contributed by atoms with E-state index in [1.165, 1.54) is 17.0 Å². The Morgan fingerprint density at radius 2 is 1.95 bits per heavy atom. The molecule has 2 amide bonds. The Balaban J connectivity index is 2.12. The number of nitrogens with one attached hydrogen (secondary N) is 1. The Morgan fingerprint density at radius 3 is 2.54 bits per heavy atom. The van der Waals surface area contributed by atoms with Gasteiger partial charge in [-0.3, -0.25) is 24.2 Å². The summed E-state index contributed by atoms with van der Waals surface area (Å²) in [4.78, 5) is 56.7. The van der Waals surface area contributed by atoms with E-state index in [0.29, 0.717) is 30.3 Å². The minimum atomic E-state index is -1.19. The van der Waals surface area contributed by atoms with Crippen LogP contribution in [0.3, 0.4) is 0 Å². The predicted octanol–water partition coefficient (Wildman–Crippen LogP) is 2.50. The van der Waals surface area contributed by atoms with Crippen LogP contribution in [0.4, 0.5) is 8.78 Å². The Bertz CT molecular complexity index is 1030. The van der Waals surface area contributed by atoms with Crippen molar-refractivity contribution in [1.82, 2.24) is 10.2 Å². The number of carbonyl (C=O) groups excluding carboxylic acids is 4. The Hall–Kier alpha value is -2.89. The molecule has 9 nitrogen and oxygen atoms in total. The number of halogens is 3. The highest BCUT2D eigenvalue weighted by Crippen LogP contribution is 2.25. The molecule has 0 spiro atoms. The summed E-state index contributed by atoms with van der Waals surface area (Å²) in [6, 6.07) is 2.21. The number of guanidine groups is 1. The summed E-state index contributed by atoms with van der Waals surface area (Å²) in [5.74, 6) is -4.25. The van der Waals surface area contributed by atoms with Crippen LogP contribution in [-0.2, 0) is 14.4 Å². The monoisotopic (exact) mass is 585 g/mol. The van der Waals surface area contributed by atoms with Crippen LogP contribution < -0.4 is 16.8 Å². The molecule has 0 radical (unpaired) electrons. The number of aliphatic imine (C=N–C) groups is 1. The van der Waals surface area contributed by atoms with Crippen molar-refractivity contribution in [2.24, 2.45) is 28.3 Å². The van der Waals surface area contributed by atoms with Crippen LogP contribution in [-0.4, -0.2) is 66.1 Å². The molecule has 1 aromatic rings. The molecule has 0 aliphatic carbocycles. The SMILES string of the molecule is CC(C)[C@H](NC(=O)c1ccc(Br)cc1F)C(=O)N1CCC[C@H]1C(=O)C[C@@H](CCCN=C(N)N)C(=O)CF. The zero-order chi connectivity index (χ0) is 27.7. The first kappa shape index (κ1) is 30.3. The van der Waals surface area contributed by atoms with Crippen LogP contribution >= 0.6 is 15.9 Å². The van der Waals surface area contributed by atoms with Gasteiger partial charge in [-0.2, -0.15) is 0 Å². The summed E-state index contributed by atoms with van der Waals surface area (Å²) in [5.41, 5.74) is 10.4. The van der Waals surface area contributed by atoms with E-state index in [-0.39, 0.29) is 42.6 Å². The van der Waals surface area contributed by atoms with E-state index >= 15 is 0 Å². The maximum atomic E-state index is 14.3. The molecule has 1 aliphatic heterocycles. The highest BCUT2D eigenvalue weighted by atomic mass is 79.9. The lowest BCUT2D eigenvalue weighted by Crippen LogP contribution is -2.54. The number of nitrogens with two attached hydrogens (primary N) is 2. The highest BCUT2D eigenvalue weighted by molar-refractivity contribution is 9.10. The molecule has 1 heterocycles. The van der Waals surface area contributed by atoms with E-state index in [1.54, 1.807) is 13.8 Å². The Labute approximate surface area is 223 Å². The minimum absolute atomic E-state index is 0.0979. The minimum Gasteiger partial charge on any atom is -0.370 e. The second-order valence-electron chi connectivity index (χ2n) is 9.43. The molecular weight excluding hydrogens is 552 g/mol. The van der Waals surface area contributed by atoms with E-state index in [2.05, 4.69) is 26.2 Å². The number of nitrogens with zero attached hydrogens (tertiary/aromatic N) is 2. The fourth-order valence-electron chi connectivity index (χ4n) is 4.36. The highest BCUT2D eigenvalue weighted by Gasteiger charge is 2.39. The van der Waals surface area contributed by atoms with Crippen LogP contribution in [0.2, 0.25) is 0 Å². The standard InChI is InChI=1S/C25H34BrF2N5O4/c1-14(2)22(32-23(36)17-8-7-16(26)12-18(17)28)24(37)33-10-4-6-19(33)20(34)11-15(21(35)13-27)5-3-9-31-25(29)30/h7-8,12,14-15,19,22H,3-6,9-11,13H2,1-2H3,(H,32,36)(H4,29,30,31)/t15-,19+,22+/m1/s1. The third kappa shape index (κ3) is 8.58. The largest absolute Gasteiger partial charge is 0.370 e. The third-order valence-electron chi connectivity index (χ3n) is 6.34. The first-order valence-corrected chi connectivity index (χ1v) is 13.0. The fraction of sp³-hybridized carbons (Fsp3) is 0.560. The van der Waals surface area contributed by atoms with Crippen LogP contribution in [0, 0.1) is 17.7 Å². The molecule has 3 atom stereocenters. The van der Waals surface area contributed by atoms with Gasteiger partial charge in [0.05, 0.1) is 11.6 Å².